The highest BCUT2D eigenvalue weighted by Gasteiger charge is 2.39. The monoisotopic (exact) mass is 444 g/mol. The predicted octanol–water partition coefficient (Wildman–Crippen LogP) is 3.23. The van der Waals surface area contributed by atoms with Crippen molar-refractivity contribution in [1.29, 1.82) is 0 Å². The van der Waals surface area contributed by atoms with Crippen molar-refractivity contribution in [2.24, 2.45) is 0 Å². The number of carbonyl (C=O) groups is 1. The molecule has 1 aromatic carbocycles. The smallest absolute Gasteiger partial charge is 0.430 e. The number of aryl methyl sites for hydroxylation is 1. The molecule has 0 spiro atoms. The zero-order valence-electron chi connectivity index (χ0n) is 15.5. The first-order valence-electron chi connectivity index (χ1n) is 7.77. The highest BCUT2D eigenvalue weighted by molar-refractivity contribution is 8.40. The van der Waals surface area contributed by atoms with E-state index in [2.05, 4.69) is 10.3 Å². The molecule has 0 radical (unpaired) electrons. The van der Waals surface area contributed by atoms with E-state index in [-0.39, 0.29) is 10.8 Å². The Labute approximate surface area is 172 Å². The average molecular weight is 445 g/mol. The summed E-state index contributed by atoms with van der Waals surface area (Å²) < 4.78 is 33.9. The van der Waals surface area contributed by atoms with Crippen LogP contribution in [-0.2, 0) is 14.9 Å². The molecule has 0 saturated heterocycles. The van der Waals surface area contributed by atoms with Crippen molar-refractivity contribution < 1.29 is 22.3 Å². The second-order valence-electron chi connectivity index (χ2n) is 5.77. The standard InChI is InChI=1S/C10H13N2OS3.C7H8O3S/c1-6-5-15-9(11(6)2)7-8(13)12(3)10(14-4)16-7;1-6-2-4-7(5-3-6)11(8,9)10/h5H,1-4H3;2-5H,1H3,(H,8,9,10)/q+1;/p-1/b9-7+;. The normalized spacial score (nSPS) is 20.0. The average Bonchev–Trinajstić information content (AvgIpc) is 3.08. The van der Waals surface area contributed by atoms with Gasteiger partial charge in [-0.1, -0.05) is 41.2 Å². The molecule has 146 valence electrons. The minimum Gasteiger partial charge on any atom is -0.744 e. The van der Waals surface area contributed by atoms with Crippen molar-refractivity contribution in [2.45, 2.75) is 18.7 Å². The van der Waals surface area contributed by atoms with Gasteiger partial charge < -0.3 is 9.45 Å². The number of benzene rings is 1. The van der Waals surface area contributed by atoms with E-state index in [9.17, 15) is 17.8 Å². The summed E-state index contributed by atoms with van der Waals surface area (Å²) in [6.07, 6.45) is 1.99. The summed E-state index contributed by atoms with van der Waals surface area (Å²) in [6.45, 7) is 3.87. The summed E-state index contributed by atoms with van der Waals surface area (Å²) in [5.74, 6) is 0.104. The fraction of sp³-hybridized carbons (Fsp3) is 0.294. The maximum Gasteiger partial charge on any atom is 0.430 e. The Morgan fingerprint density at radius 3 is 2.19 bits per heavy atom. The van der Waals surface area contributed by atoms with Gasteiger partial charge in [0.05, 0.1) is 4.90 Å². The topological polar surface area (TPSA) is 80.5 Å². The largest absolute Gasteiger partial charge is 0.744 e. The molecule has 0 saturated carbocycles. The minimum absolute atomic E-state index is 0.104. The lowest BCUT2D eigenvalue weighted by Crippen LogP contribution is -2.17. The number of thioether (sulfide) groups is 3. The van der Waals surface area contributed by atoms with E-state index in [1.54, 1.807) is 52.0 Å². The van der Waals surface area contributed by atoms with Crippen molar-refractivity contribution in [3.8, 4) is 0 Å². The van der Waals surface area contributed by atoms with Crippen LogP contribution in [0.15, 0.2) is 50.2 Å². The first kappa shape index (κ1) is 22.1. The Balaban J connectivity index is 0.000000208. The number of rotatable bonds is 1. The summed E-state index contributed by atoms with van der Waals surface area (Å²) in [6, 6.07) is 5.78. The van der Waals surface area contributed by atoms with Gasteiger partial charge in [-0.2, -0.15) is 0 Å². The van der Waals surface area contributed by atoms with Crippen LogP contribution in [0.5, 0.6) is 0 Å². The van der Waals surface area contributed by atoms with Gasteiger partial charge in [-0.15, -0.1) is 4.58 Å². The zero-order chi connectivity index (χ0) is 20.4. The van der Waals surface area contributed by atoms with Crippen molar-refractivity contribution in [2.75, 3.05) is 20.4 Å². The molecule has 2 aliphatic rings. The van der Waals surface area contributed by atoms with Gasteiger partial charge in [0, 0.05) is 24.5 Å². The number of allylic oxidation sites excluding steroid dienone is 1. The predicted molar refractivity (Wildman–Crippen MR) is 113 cm³/mol. The van der Waals surface area contributed by atoms with E-state index >= 15 is 0 Å². The van der Waals surface area contributed by atoms with E-state index in [0.29, 0.717) is 0 Å². The highest BCUT2D eigenvalue weighted by atomic mass is 32.2. The molecule has 10 heteroatoms. The van der Waals surface area contributed by atoms with Crippen LogP contribution in [0.4, 0.5) is 0 Å². The third kappa shape index (κ3) is 5.20. The van der Waals surface area contributed by atoms with Gasteiger partial charge in [-0.25, -0.2) is 13.2 Å². The molecule has 1 amide bonds. The number of hydrogen-bond acceptors (Lipinski definition) is 8. The fourth-order valence-corrected chi connectivity index (χ4v) is 5.58. The van der Waals surface area contributed by atoms with E-state index in [1.165, 1.54) is 17.8 Å². The van der Waals surface area contributed by atoms with Crippen molar-refractivity contribution in [3.05, 3.63) is 50.9 Å². The molecule has 2 aliphatic heterocycles. The molecule has 0 N–H and O–H groups in total. The molecule has 0 fully saturated rings. The summed E-state index contributed by atoms with van der Waals surface area (Å²) in [4.78, 5) is 14.8. The van der Waals surface area contributed by atoms with Gasteiger partial charge in [0.25, 0.3) is 4.38 Å². The lowest BCUT2D eigenvalue weighted by Gasteiger charge is -2.14. The molecule has 0 aliphatic carbocycles. The number of hydrogen-bond donors (Lipinski definition) is 0. The Kier molecular flexibility index (Phi) is 7.26. The molecule has 3 rings (SSSR count). The lowest BCUT2D eigenvalue weighted by atomic mass is 10.2. The molecular formula is C17H20N2O4S4. The summed E-state index contributed by atoms with van der Waals surface area (Å²) in [7, 11) is -0.442. The van der Waals surface area contributed by atoms with E-state index in [4.69, 9.17) is 0 Å². The highest BCUT2D eigenvalue weighted by Crippen LogP contribution is 2.42. The third-order valence-electron chi connectivity index (χ3n) is 3.82. The Bertz CT molecular complexity index is 948. The fourth-order valence-electron chi connectivity index (χ4n) is 2.12. The van der Waals surface area contributed by atoms with E-state index in [0.717, 1.165) is 19.9 Å². The molecular weight excluding hydrogens is 424 g/mol. The summed E-state index contributed by atoms with van der Waals surface area (Å²) >= 11 is 4.81. The molecule has 0 aromatic heterocycles. The van der Waals surface area contributed by atoms with Crippen LogP contribution in [0.1, 0.15) is 12.5 Å². The van der Waals surface area contributed by atoms with E-state index < -0.39 is 10.1 Å². The number of nitrogens with zero attached hydrogens (tertiary/aromatic N) is 2. The number of carbonyl (C=O) groups excluding carboxylic acids is 1. The van der Waals surface area contributed by atoms with Crippen molar-refractivity contribution in [3.63, 3.8) is 0 Å². The first-order valence-corrected chi connectivity index (χ1v) is 12.1. The maximum absolute atomic E-state index is 12.1. The summed E-state index contributed by atoms with van der Waals surface area (Å²) in [5.41, 5.74) is 2.11. The Morgan fingerprint density at radius 1 is 1.19 bits per heavy atom. The van der Waals surface area contributed by atoms with Gasteiger partial charge in [0.15, 0.2) is 4.91 Å². The SMILES string of the molecule is CSC1=[N+](C)C(=O)/C(=C2\SC=C(C)N2C)S1.Cc1ccc(S(=O)(=O)[O-])cc1. The zero-order valence-corrected chi connectivity index (χ0v) is 18.8. The van der Waals surface area contributed by atoms with Gasteiger partial charge >= 0.3 is 5.91 Å². The third-order valence-corrected chi connectivity index (χ3v) is 8.35. The van der Waals surface area contributed by atoms with Crippen LogP contribution in [0.3, 0.4) is 0 Å². The molecule has 6 nitrogen and oxygen atoms in total. The molecule has 2 heterocycles. The van der Waals surface area contributed by atoms with Gasteiger partial charge in [0.2, 0.25) is 0 Å². The van der Waals surface area contributed by atoms with Gasteiger partial charge in [-0.05, 0) is 37.6 Å². The van der Waals surface area contributed by atoms with Crippen molar-refractivity contribution >= 4 is 55.7 Å². The number of likely N-dealkylation sites (N-methyl/N-ethyl adjacent to an activating group) is 1. The maximum atomic E-state index is 12.1. The van der Waals surface area contributed by atoms with Gasteiger partial charge in [-0.3, -0.25) is 0 Å². The summed E-state index contributed by atoms with van der Waals surface area (Å²) in [5, 5.41) is 3.12. The molecule has 0 atom stereocenters. The van der Waals surface area contributed by atoms with Crippen LogP contribution < -0.4 is 0 Å². The molecule has 0 bridgehead atoms. The Morgan fingerprint density at radius 2 is 1.78 bits per heavy atom. The van der Waals surface area contributed by atoms with E-state index in [1.807, 2.05) is 34.2 Å². The minimum atomic E-state index is -4.27. The first-order chi connectivity index (χ1) is 12.6. The molecule has 0 unspecified atom stereocenters. The van der Waals surface area contributed by atoms with Crippen LogP contribution in [-0.4, -0.2) is 53.1 Å². The molecule has 27 heavy (non-hydrogen) atoms. The van der Waals surface area contributed by atoms with Crippen LogP contribution in [0.2, 0.25) is 0 Å². The van der Waals surface area contributed by atoms with Crippen LogP contribution in [0, 0.1) is 6.92 Å². The van der Waals surface area contributed by atoms with Crippen molar-refractivity contribution in [1.82, 2.24) is 4.90 Å². The quantitative estimate of drug-likeness (QED) is 0.371. The van der Waals surface area contributed by atoms with Crippen LogP contribution >= 0.6 is 35.3 Å². The number of amides is 1. The van der Waals surface area contributed by atoms with Crippen LogP contribution in [0.25, 0.3) is 0 Å². The van der Waals surface area contributed by atoms with Gasteiger partial charge in [0.1, 0.15) is 22.2 Å². The molecule has 1 aromatic rings. The Hall–Kier alpha value is -1.20. The second kappa shape index (κ2) is 8.87. The second-order valence-corrected chi connectivity index (χ2v) is 10.1. The lowest BCUT2D eigenvalue weighted by molar-refractivity contribution is -0.406.